The lowest BCUT2D eigenvalue weighted by Crippen LogP contribution is -1.87. The quantitative estimate of drug-likeness (QED) is 0.398. The van der Waals surface area contributed by atoms with Crippen molar-refractivity contribution in [3.63, 3.8) is 0 Å². The molecule has 0 aliphatic rings. The van der Waals surface area contributed by atoms with E-state index >= 15 is 0 Å². The Morgan fingerprint density at radius 3 is 1.92 bits per heavy atom. The molecule has 0 aliphatic heterocycles. The van der Waals surface area contributed by atoms with Crippen LogP contribution in [-0.2, 0) is 0 Å². The van der Waals surface area contributed by atoms with Crippen molar-refractivity contribution < 1.29 is 0 Å². The highest BCUT2D eigenvalue weighted by molar-refractivity contribution is 5.09. The molecule has 0 heteroatoms. The Morgan fingerprint density at radius 1 is 0.833 bits per heavy atom. The summed E-state index contributed by atoms with van der Waals surface area (Å²) in [5.74, 6) is 0. The molecule has 0 amide bonds. The smallest absolute Gasteiger partial charge is 0.0318 e. The zero-order chi connectivity index (χ0) is 9.40. The van der Waals surface area contributed by atoms with Gasteiger partial charge in [0.15, 0.2) is 0 Å². The number of allylic oxidation sites excluding steroid dienone is 2. The molecule has 0 nitrogen and oxygen atoms in total. The van der Waals surface area contributed by atoms with Gasteiger partial charge in [-0.2, -0.15) is 0 Å². The molecule has 0 N–H and O–H groups in total. The molecule has 72 valence electrons. The minimum Gasteiger partial charge on any atom is -0.0772 e. The second-order valence-electron chi connectivity index (χ2n) is 3.81. The molecule has 0 radical (unpaired) electrons. The van der Waals surface area contributed by atoms with Gasteiger partial charge in [0.1, 0.15) is 0 Å². The van der Waals surface area contributed by atoms with Gasteiger partial charge in [-0.15, -0.1) is 0 Å². The van der Waals surface area contributed by atoms with Gasteiger partial charge in [0, 0.05) is 0 Å². The fourth-order valence-electron chi connectivity index (χ4n) is 1.52. The van der Waals surface area contributed by atoms with E-state index in [1.807, 2.05) is 0 Å². The summed E-state index contributed by atoms with van der Waals surface area (Å²) in [6.07, 6.45) is 8.06. The van der Waals surface area contributed by atoms with E-state index in [2.05, 4.69) is 27.7 Å². The molecule has 0 heterocycles. The molecule has 0 saturated carbocycles. The first-order chi connectivity index (χ1) is 5.72. The van der Waals surface area contributed by atoms with Crippen molar-refractivity contribution in [2.45, 2.75) is 66.2 Å². The second-order valence-corrected chi connectivity index (χ2v) is 3.81. The van der Waals surface area contributed by atoms with Crippen molar-refractivity contribution in [1.82, 2.24) is 0 Å². The Kier molecular flexibility index (Phi) is 7.23. The summed E-state index contributed by atoms with van der Waals surface area (Å²) < 4.78 is 0. The van der Waals surface area contributed by atoms with E-state index in [0.717, 1.165) is 0 Å². The molecule has 0 fully saturated rings. The molecule has 0 spiro atoms. The predicted octanol–water partition coefficient (Wildman–Crippen LogP) is 4.70. The van der Waals surface area contributed by atoms with Crippen molar-refractivity contribution in [2.24, 2.45) is 0 Å². The van der Waals surface area contributed by atoms with E-state index in [-0.39, 0.29) is 0 Å². The Labute approximate surface area is 78.1 Å². The van der Waals surface area contributed by atoms with Gasteiger partial charge in [-0.25, -0.2) is 0 Å². The number of unbranched alkanes of at least 4 members (excludes halogenated alkanes) is 2. The Hall–Kier alpha value is -0.260. The van der Waals surface area contributed by atoms with Gasteiger partial charge in [-0.3, -0.25) is 0 Å². The maximum absolute atomic E-state index is 2.27. The first kappa shape index (κ1) is 11.7. The molecule has 0 aromatic rings. The fraction of sp³-hybridized carbons (Fsp3) is 0.833. The highest BCUT2D eigenvalue weighted by Gasteiger charge is 1.97. The summed E-state index contributed by atoms with van der Waals surface area (Å²) in [5, 5.41) is 0. The van der Waals surface area contributed by atoms with Gasteiger partial charge in [0.05, 0.1) is 0 Å². The largest absolute Gasteiger partial charge is 0.0772 e. The normalized spacial score (nSPS) is 10.0. The zero-order valence-electron chi connectivity index (χ0n) is 9.24. The van der Waals surface area contributed by atoms with Gasteiger partial charge in [-0.05, 0) is 33.1 Å². The average molecular weight is 168 g/mol. The molecule has 0 saturated heterocycles. The third-order valence-electron chi connectivity index (χ3n) is 2.34. The van der Waals surface area contributed by atoms with E-state index in [1.165, 1.54) is 38.5 Å². The summed E-state index contributed by atoms with van der Waals surface area (Å²) in [4.78, 5) is 0. The van der Waals surface area contributed by atoms with Gasteiger partial charge in [0.2, 0.25) is 0 Å². The zero-order valence-corrected chi connectivity index (χ0v) is 9.24. The van der Waals surface area contributed by atoms with Crippen LogP contribution in [0.15, 0.2) is 11.1 Å². The van der Waals surface area contributed by atoms with Crippen LogP contribution < -0.4 is 0 Å². The van der Waals surface area contributed by atoms with Gasteiger partial charge < -0.3 is 0 Å². The summed E-state index contributed by atoms with van der Waals surface area (Å²) in [5.41, 5.74) is 3.25. The summed E-state index contributed by atoms with van der Waals surface area (Å²) >= 11 is 0. The molecule has 0 unspecified atom stereocenters. The molecule has 0 aliphatic carbocycles. The lowest BCUT2D eigenvalue weighted by Gasteiger charge is -2.07. The van der Waals surface area contributed by atoms with Crippen LogP contribution in [-0.4, -0.2) is 0 Å². The van der Waals surface area contributed by atoms with Crippen molar-refractivity contribution in [3.05, 3.63) is 11.1 Å². The van der Waals surface area contributed by atoms with Crippen molar-refractivity contribution >= 4 is 0 Å². The Balaban J connectivity index is 3.73. The van der Waals surface area contributed by atoms with Crippen LogP contribution in [0.5, 0.6) is 0 Å². The van der Waals surface area contributed by atoms with Crippen LogP contribution >= 0.6 is 0 Å². The third kappa shape index (κ3) is 5.40. The van der Waals surface area contributed by atoms with E-state index in [9.17, 15) is 0 Å². The molecular weight excluding hydrogens is 144 g/mol. The standard InChI is InChI=1S/C12H24/c1-5-7-8-10-12(9-6-2)11(3)4/h5-10H2,1-4H3. The second kappa shape index (κ2) is 7.39. The molecule has 12 heavy (non-hydrogen) atoms. The van der Waals surface area contributed by atoms with Crippen molar-refractivity contribution in [2.75, 3.05) is 0 Å². The SMILES string of the molecule is CCCCCC(CCC)=C(C)C. The number of rotatable bonds is 6. The van der Waals surface area contributed by atoms with Crippen molar-refractivity contribution in [1.29, 1.82) is 0 Å². The molecule has 0 atom stereocenters. The molecule has 0 rings (SSSR count). The van der Waals surface area contributed by atoms with Crippen LogP contribution in [0, 0.1) is 0 Å². The number of hydrogen-bond acceptors (Lipinski definition) is 0. The Bertz CT molecular complexity index is 127. The number of hydrogen-bond donors (Lipinski definition) is 0. The summed E-state index contributed by atoms with van der Waals surface area (Å²) in [6.45, 7) is 9.03. The van der Waals surface area contributed by atoms with Gasteiger partial charge >= 0.3 is 0 Å². The van der Waals surface area contributed by atoms with Crippen molar-refractivity contribution in [3.8, 4) is 0 Å². The van der Waals surface area contributed by atoms with E-state index < -0.39 is 0 Å². The lowest BCUT2D eigenvalue weighted by molar-refractivity contribution is 0.686. The molecular formula is C12H24. The molecule has 0 bridgehead atoms. The minimum absolute atomic E-state index is 1.30. The van der Waals surface area contributed by atoms with Gasteiger partial charge in [-0.1, -0.05) is 44.3 Å². The average Bonchev–Trinajstić information content (AvgIpc) is 2.03. The van der Waals surface area contributed by atoms with Crippen LogP contribution in [0.3, 0.4) is 0 Å². The minimum atomic E-state index is 1.30. The summed E-state index contributed by atoms with van der Waals surface area (Å²) in [7, 11) is 0. The topological polar surface area (TPSA) is 0 Å². The first-order valence-electron chi connectivity index (χ1n) is 5.37. The van der Waals surface area contributed by atoms with Crippen LogP contribution in [0.4, 0.5) is 0 Å². The first-order valence-corrected chi connectivity index (χ1v) is 5.37. The Morgan fingerprint density at radius 2 is 1.50 bits per heavy atom. The maximum atomic E-state index is 2.27. The van der Waals surface area contributed by atoms with E-state index in [1.54, 1.807) is 11.1 Å². The molecule has 0 aromatic carbocycles. The highest BCUT2D eigenvalue weighted by Crippen LogP contribution is 2.18. The lowest BCUT2D eigenvalue weighted by atomic mass is 9.99. The van der Waals surface area contributed by atoms with Crippen LogP contribution in [0.25, 0.3) is 0 Å². The van der Waals surface area contributed by atoms with E-state index in [0.29, 0.717) is 0 Å². The van der Waals surface area contributed by atoms with Crippen LogP contribution in [0.1, 0.15) is 66.2 Å². The fourth-order valence-corrected chi connectivity index (χ4v) is 1.52. The highest BCUT2D eigenvalue weighted by atomic mass is 14.0. The summed E-state index contributed by atoms with van der Waals surface area (Å²) in [6, 6.07) is 0. The van der Waals surface area contributed by atoms with E-state index in [4.69, 9.17) is 0 Å². The maximum Gasteiger partial charge on any atom is -0.0318 e. The predicted molar refractivity (Wildman–Crippen MR) is 57.4 cm³/mol. The van der Waals surface area contributed by atoms with Gasteiger partial charge in [0.25, 0.3) is 0 Å². The van der Waals surface area contributed by atoms with Crippen LogP contribution in [0.2, 0.25) is 0 Å². The third-order valence-corrected chi connectivity index (χ3v) is 2.34. The monoisotopic (exact) mass is 168 g/mol. The molecule has 0 aromatic heterocycles.